The van der Waals surface area contributed by atoms with Gasteiger partial charge >= 0.3 is 0 Å². The maximum Gasteiger partial charge on any atom is 0.194 e. The highest BCUT2D eigenvalue weighted by atomic mass is 127. The lowest BCUT2D eigenvalue weighted by Crippen LogP contribution is -2.52. The number of nitrogens with one attached hydrogen (secondary N) is 1. The van der Waals surface area contributed by atoms with Crippen molar-refractivity contribution in [3.05, 3.63) is 72.1 Å². The van der Waals surface area contributed by atoms with Gasteiger partial charge in [-0.15, -0.1) is 24.0 Å². The van der Waals surface area contributed by atoms with E-state index in [1.165, 1.54) is 0 Å². The van der Waals surface area contributed by atoms with E-state index in [1.54, 1.807) is 42.2 Å². The number of para-hydroxylation sites is 2. The second-order valence-electron chi connectivity index (χ2n) is 7.49. The first-order chi connectivity index (χ1) is 15.1. The van der Waals surface area contributed by atoms with Crippen LogP contribution >= 0.6 is 24.0 Å². The minimum absolute atomic E-state index is 0. The summed E-state index contributed by atoms with van der Waals surface area (Å²) >= 11 is 0. The molecule has 0 unspecified atom stereocenters. The zero-order valence-corrected chi connectivity index (χ0v) is 20.5. The van der Waals surface area contributed by atoms with Crippen LogP contribution in [-0.2, 0) is 6.54 Å². The normalized spacial score (nSPS) is 14.3. The number of phenolic OH excluding ortho intramolecular Hbond substituents is 1. The van der Waals surface area contributed by atoms with Crippen molar-refractivity contribution >= 4 is 35.6 Å². The van der Waals surface area contributed by atoms with Gasteiger partial charge in [-0.2, -0.15) is 0 Å². The predicted octanol–water partition coefficient (Wildman–Crippen LogP) is 3.54. The minimum Gasteiger partial charge on any atom is -0.506 e. The number of rotatable bonds is 4. The van der Waals surface area contributed by atoms with Crippen molar-refractivity contribution in [2.45, 2.75) is 13.5 Å². The number of aromatic hydroxyl groups is 1. The molecule has 2 aromatic carbocycles. The van der Waals surface area contributed by atoms with Gasteiger partial charge in [0.25, 0.3) is 0 Å². The van der Waals surface area contributed by atoms with Gasteiger partial charge in [-0.1, -0.05) is 18.2 Å². The summed E-state index contributed by atoms with van der Waals surface area (Å²) in [6.45, 7) is 5.45. The molecule has 7 nitrogen and oxygen atoms in total. The Hall–Kier alpha value is -2.82. The van der Waals surface area contributed by atoms with Gasteiger partial charge in [-0.3, -0.25) is 4.99 Å². The average molecular weight is 550 g/mol. The third-order valence-corrected chi connectivity index (χ3v) is 5.56. The van der Waals surface area contributed by atoms with Crippen molar-refractivity contribution in [3.63, 3.8) is 0 Å². The van der Waals surface area contributed by atoms with E-state index in [9.17, 15) is 9.50 Å². The van der Waals surface area contributed by atoms with Crippen LogP contribution in [-0.4, -0.2) is 58.7 Å². The number of phenols is 1. The van der Waals surface area contributed by atoms with E-state index in [4.69, 9.17) is 0 Å². The molecule has 4 rings (SSSR count). The van der Waals surface area contributed by atoms with Gasteiger partial charge in [0.2, 0.25) is 0 Å². The number of piperazine rings is 1. The summed E-state index contributed by atoms with van der Waals surface area (Å²) in [5.41, 5.74) is 2.19. The number of nitrogens with zero attached hydrogens (tertiary/aromatic N) is 5. The summed E-state index contributed by atoms with van der Waals surface area (Å²) < 4.78 is 16.4. The lowest BCUT2D eigenvalue weighted by molar-refractivity contribution is 0.369. The third kappa shape index (κ3) is 5.14. The monoisotopic (exact) mass is 550 g/mol. The number of aryl methyl sites for hydroxylation is 1. The molecule has 1 saturated heterocycles. The number of aliphatic imine (C=N–C) groups is 1. The van der Waals surface area contributed by atoms with Crippen LogP contribution in [0.3, 0.4) is 0 Å². The highest BCUT2D eigenvalue weighted by Gasteiger charge is 2.21. The van der Waals surface area contributed by atoms with Crippen molar-refractivity contribution < 1.29 is 9.50 Å². The third-order valence-electron chi connectivity index (χ3n) is 5.56. The van der Waals surface area contributed by atoms with Gasteiger partial charge in [0.05, 0.1) is 11.4 Å². The summed E-state index contributed by atoms with van der Waals surface area (Å²) in [5.74, 6) is 1.54. The van der Waals surface area contributed by atoms with Gasteiger partial charge in [0.15, 0.2) is 5.96 Å². The van der Waals surface area contributed by atoms with Crippen molar-refractivity contribution in [1.82, 2.24) is 19.8 Å². The Balaban J connectivity index is 0.00000289. The van der Waals surface area contributed by atoms with E-state index in [1.807, 2.05) is 31.2 Å². The Bertz CT molecular complexity index is 1080. The summed E-state index contributed by atoms with van der Waals surface area (Å²) in [7, 11) is 1.75. The van der Waals surface area contributed by atoms with E-state index in [2.05, 4.69) is 25.1 Å². The Morgan fingerprint density at radius 1 is 1.12 bits per heavy atom. The van der Waals surface area contributed by atoms with Crippen LogP contribution in [0.25, 0.3) is 5.69 Å². The molecule has 0 radical (unpaired) electrons. The van der Waals surface area contributed by atoms with E-state index in [0.29, 0.717) is 18.0 Å². The van der Waals surface area contributed by atoms with Crippen LogP contribution in [0.15, 0.2) is 59.9 Å². The van der Waals surface area contributed by atoms with Crippen LogP contribution < -0.4 is 10.2 Å². The van der Waals surface area contributed by atoms with E-state index >= 15 is 0 Å². The molecule has 9 heteroatoms. The smallest absolute Gasteiger partial charge is 0.194 e. The molecule has 2 N–H and O–H groups in total. The molecule has 32 heavy (non-hydrogen) atoms. The van der Waals surface area contributed by atoms with Crippen molar-refractivity contribution in [2.24, 2.45) is 4.99 Å². The molecule has 1 fully saturated rings. The van der Waals surface area contributed by atoms with Crippen LogP contribution in [0.2, 0.25) is 0 Å². The number of halogens is 2. The number of hydrogen-bond donors (Lipinski definition) is 2. The fraction of sp³-hybridized carbons (Fsp3) is 0.304. The Morgan fingerprint density at radius 2 is 1.88 bits per heavy atom. The van der Waals surface area contributed by atoms with Crippen LogP contribution in [0.4, 0.5) is 10.1 Å². The van der Waals surface area contributed by atoms with E-state index < -0.39 is 0 Å². The highest BCUT2D eigenvalue weighted by molar-refractivity contribution is 14.0. The van der Waals surface area contributed by atoms with Crippen LogP contribution in [0.5, 0.6) is 5.75 Å². The van der Waals surface area contributed by atoms with Crippen molar-refractivity contribution in [3.8, 4) is 11.4 Å². The van der Waals surface area contributed by atoms with E-state index in [-0.39, 0.29) is 29.8 Å². The van der Waals surface area contributed by atoms with Gasteiger partial charge in [0, 0.05) is 52.2 Å². The molecule has 3 aromatic rings. The maximum absolute atomic E-state index is 14.6. The molecule has 0 atom stereocenters. The van der Waals surface area contributed by atoms with Crippen molar-refractivity contribution in [2.75, 3.05) is 38.1 Å². The SMILES string of the molecule is CN=C(NCc1ccc(-n2ccnc2C)c(F)c1)N1CCN(c2ccccc2O)CC1.I. The lowest BCUT2D eigenvalue weighted by atomic mass is 10.2. The second kappa shape index (κ2) is 10.7. The van der Waals surface area contributed by atoms with Crippen molar-refractivity contribution in [1.29, 1.82) is 0 Å². The Morgan fingerprint density at radius 3 is 2.50 bits per heavy atom. The molecular formula is C23H28FIN6O. The topological polar surface area (TPSA) is 68.9 Å². The predicted molar refractivity (Wildman–Crippen MR) is 136 cm³/mol. The lowest BCUT2D eigenvalue weighted by Gasteiger charge is -2.37. The fourth-order valence-electron chi connectivity index (χ4n) is 3.89. The first-order valence-corrected chi connectivity index (χ1v) is 10.3. The molecule has 1 aliphatic rings. The van der Waals surface area contributed by atoms with Gasteiger partial charge < -0.3 is 24.8 Å². The molecule has 0 bridgehead atoms. The van der Waals surface area contributed by atoms with Gasteiger partial charge in [0.1, 0.15) is 17.4 Å². The number of anilines is 1. The molecule has 0 spiro atoms. The quantitative estimate of drug-likeness (QED) is 0.296. The molecule has 0 aliphatic carbocycles. The summed E-state index contributed by atoms with van der Waals surface area (Å²) in [4.78, 5) is 12.9. The average Bonchev–Trinajstić information content (AvgIpc) is 3.21. The summed E-state index contributed by atoms with van der Waals surface area (Å²) in [5, 5.41) is 13.4. The van der Waals surface area contributed by atoms with Crippen LogP contribution in [0, 0.1) is 12.7 Å². The van der Waals surface area contributed by atoms with E-state index in [0.717, 1.165) is 49.2 Å². The van der Waals surface area contributed by atoms with Gasteiger partial charge in [-0.05, 0) is 36.8 Å². The van der Waals surface area contributed by atoms with Crippen LogP contribution in [0.1, 0.15) is 11.4 Å². The second-order valence-corrected chi connectivity index (χ2v) is 7.49. The standard InChI is InChI=1S/C23H27FN6O.HI/c1-17-26-9-10-30(17)20-8-7-18(15-19(20)24)16-27-23(25-2)29-13-11-28(12-14-29)21-5-3-4-6-22(21)31;/h3-10,15,31H,11-14,16H2,1-2H3,(H,25,27);1H. The molecule has 170 valence electrons. The zero-order chi connectivity index (χ0) is 21.8. The highest BCUT2D eigenvalue weighted by Crippen LogP contribution is 2.27. The molecule has 1 aromatic heterocycles. The Labute approximate surface area is 204 Å². The number of imidazole rings is 1. The largest absolute Gasteiger partial charge is 0.506 e. The molecule has 2 heterocycles. The fourth-order valence-corrected chi connectivity index (χ4v) is 3.89. The summed E-state index contributed by atoms with van der Waals surface area (Å²) in [6, 6.07) is 12.6. The summed E-state index contributed by atoms with van der Waals surface area (Å²) in [6.07, 6.45) is 3.41. The number of guanidine groups is 1. The zero-order valence-electron chi connectivity index (χ0n) is 18.2. The molecule has 0 saturated carbocycles. The minimum atomic E-state index is -0.285. The molecular weight excluding hydrogens is 522 g/mol. The first-order valence-electron chi connectivity index (χ1n) is 10.3. The molecule has 1 aliphatic heterocycles. The number of aromatic nitrogens is 2. The maximum atomic E-state index is 14.6. The molecule has 0 amide bonds. The van der Waals surface area contributed by atoms with Gasteiger partial charge in [-0.25, -0.2) is 9.37 Å². The number of hydrogen-bond acceptors (Lipinski definition) is 4. The Kier molecular flexibility index (Phi) is 7.94. The first kappa shape index (κ1) is 23.8. The number of benzene rings is 2.